The molecule has 4 rings (SSSR count). The van der Waals surface area contributed by atoms with Gasteiger partial charge in [0.25, 0.3) is 5.78 Å². The van der Waals surface area contributed by atoms with E-state index in [9.17, 15) is 32.3 Å². The van der Waals surface area contributed by atoms with Gasteiger partial charge in [-0.1, -0.05) is 60.7 Å². The quantitative estimate of drug-likeness (QED) is 0.388. The van der Waals surface area contributed by atoms with Gasteiger partial charge in [0.05, 0.1) is 0 Å². The van der Waals surface area contributed by atoms with Crippen LogP contribution in [0.2, 0.25) is 0 Å². The zero-order valence-corrected chi connectivity index (χ0v) is 24.1. The van der Waals surface area contributed by atoms with Gasteiger partial charge in [0.15, 0.2) is 0 Å². The zero-order valence-electron chi connectivity index (χ0n) is 24.1. The lowest BCUT2D eigenvalue weighted by atomic mass is 10.0. The van der Waals surface area contributed by atoms with Gasteiger partial charge in [-0.2, -0.15) is 13.2 Å². The number of nitrogens with one attached hydrogen (secondary N) is 3. The molecule has 2 heterocycles. The number of ketones is 1. The first-order valence-electron chi connectivity index (χ1n) is 14.6. The van der Waals surface area contributed by atoms with Crippen LogP contribution in [0.25, 0.3) is 0 Å². The van der Waals surface area contributed by atoms with Gasteiger partial charge < -0.3 is 25.8 Å². The fourth-order valence-electron chi connectivity index (χ4n) is 5.69. The number of halogens is 3. The van der Waals surface area contributed by atoms with Crippen LogP contribution in [0.15, 0.2) is 60.7 Å². The van der Waals surface area contributed by atoms with E-state index in [4.69, 9.17) is 0 Å². The van der Waals surface area contributed by atoms with Crippen LogP contribution in [0.5, 0.6) is 0 Å². The second-order valence-electron chi connectivity index (χ2n) is 11.0. The Morgan fingerprint density at radius 3 is 1.91 bits per heavy atom. The molecule has 1 unspecified atom stereocenters. The molecule has 43 heavy (non-hydrogen) atoms. The van der Waals surface area contributed by atoms with Gasteiger partial charge in [-0.3, -0.25) is 14.4 Å². The molecule has 0 spiro atoms. The minimum Gasteiger partial charge on any atom is -0.344 e. The third-order valence-electron chi connectivity index (χ3n) is 8.10. The highest BCUT2D eigenvalue weighted by atomic mass is 19.4. The average molecular weight is 602 g/mol. The molecule has 0 saturated carbocycles. The van der Waals surface area contributed by atoms with Crippen molar-refractivity contribution < 1.29 is 32.3 Å². The summed E-state index contributed by atoms with van der Waals surface area (Å²) < 4.78 is 40.4. The molecule has 0 bridgehead atoms. The summed E-state index contributed by atoms with van der Waals surface area (Å²) in [4.78, 5) is 55.8. The first-order valence-corrected chi connectivity index (χ1v) is 14.6. The van der Waals surface area contributed by atoms with Crippen LogP contribution in [-0.4, -0.2) is 90.5 Å². The first-order chi connectivity index (χ1) is 20.6. The van der Waals surface area contributed by atoms with E-state index in [0.717, 1.165) is 18.4 Å². The summed E-state index contributed by atoms with van der Waals surface area (Å²) in [6, 6.07) is 13.2. The van der Waals surface area contributed by atoms with Gasteiger partial charge in [-0.05, 0) is 43.9 Å². The molecule has 3 N–H and O–H groups in total. The van der Waals surface area contributed by atoms with E-state index in [2.05, 4.69) is 16.0 Å². The Bertz CT molecular complexity index is 1250. The van der Waals surface area contributed by atoms with Crippen LogP contribution in [0.3, 0.4) is 0 Å². The highest BCUT2D eigenvalue weighted by Gasteiger charge is 2.45. The highest BCUT2D eigenvalue weighted by Crippen LogP contribution is 2.23. The zero-order chi connectivity index (χ0) is 31.0. The molecular formula is C31H38F3N5O4. The van der Waals surface area contributed by atoms with Crippen molar-refractivity contribution in [3.05, 3.63) is 71.8 Å². The number of hydrogen-bond acceptors (Lipinski definition) is 5. The van der Waals surface area contributed by atoms with Crippen molar-refractivity contribution in [1.29, 1.82) is 0 Å². The number of likely N-dealkylation sites (tertiary alicyclic amines) is 2. The van der Waals surface area contributed by atoms with E-state index < -0.39 is 41.9 Å². The van der Waals surface area contributed by atoms with Gasteiger partial charge in [-0.25, -0.2) is 4.79 Å². The Morgan fingerprint density at radius 1 is 0.814 bits per heavy atom. The van der Waals surface area contributed by atoms with Crippen molar-refractivity contribution in [3.63, 3.8) is 0 Å². The average Bonchev–Trinajstić information content (AvgIpc) is 3.50. The van der Waals surface area contributed by atoms with Gasteiger partial charge in [0.2, 0.25) is 11.8 Å². The smallest absolute Gasteiger partial charge is 0.344 e. The monoisotopic (exact) mass is 601 g/mol. The van der Waals surface area contributed by atoms with Gasteiger partial charge >= 0.3 is 12.2 Å². The minimum absolute atomic E-state index is 0.173. The molecule has 2 fully saturated rings. The molecule has 2 aromatic rings. The number of hydrogen-bond donors (Lipinski definition) is 3. The van der Waals surface area contributed by atoms with Crippen molar-refractivity contribution in [2.45, 2.75) is 68.9 Å². The summed E-state index contributed by atoms with van der Waals surface area (Å²) in [5.74, 6) is -3.39. The van der Waals surface area contributed by atoms with E-state index >= 15 is 0 Å². The lowest BCUT2D eigenvalue weighted by Crippen LogP contribution is -2.58. The Kier molecular flexibility index (Phi) is 10.8. The van der Waals surface area contributed by atoms with E-state index in [1.165, 1.54) is 4.90 Å². The number of carbonyl (C=O) groups excluding carboxylic acids is 4. The Labute approximate surface area is 249 Å². The number of rotatable bonds is 10. The van der Waals surface area contributed by atoms with Crippen LogP contribution in [-0.2, 0) is 27.2 Å². The minimum atomic E-state index is -5.15. The molecule has 2 aliphatic rings. The van der Waals surface area contributed by atoms with Crippen LogP contribution < -0.4 is 16.0 Å². The molecule has 0 radical (unpaired) electrons. The second kappa shape index (κ2) is 14.5. The molecule has 2 saturated heterocycles. The van der Waals surface area contributed by atoms with Crippen LogP contribution in [0.1, 0.15) is 36.8 Å². The molecule has 232 valence electrons. The number of alkyl halides is 3. The largest absolute Gasteiger partial charge is 0.452 e. The summed E-state index contributed by atoms with van der Waals surface area (Å²) in [7, 11) is 1.88. The third-order valence-corrected chi connectivity index (χ3v) is 8.10. The number of nitrogens with zero attached hydrogens (tertiary/aromatic N) is 2. The lowest BCUT2D eigenvalue weighted by molar-refractivity contribution is -0.173. The summed E-state index contributed by atoms with van der Waals surface area (Å²) >= 11 is 0. The number of piperidine rings is 1. The third kappa shape index (κ3) is 8.56. The van der Waals surface area contributed by atoms with Gasteiger partial charge in [0.1, 0.15) is 18.1 Å². The number of benzene rings is 2. The highest BCUT2D eigenvalue weighted by molar-refractivity contribution is 5.96. The standard InChI is InChI=1S/C31H38F3N5O4/c1-35-23-14-17-38(18-15-23)30(43)37-25(20-22-11-6-3-7-12-22)29(42)39-16-8-13-26(39)28(41)36-24(27(40)31(32,33)34)19-21-9-4-2-5-10-21/h2-7,9-12,23-26,35H,8,13-20H2,1H3,(H,36,41)(H,37,43)/t24?,25-,26-/m0/s1. The van der Waals surface area contributed by atoms with Gasteiger partial charge in [-0.15, -0.1) is 0 Å². The van der Waals surface area contributed by atoms with Crippen LogP contribution in [0, 0.1) is 0 Å². The first kappa shape index (κ1) is 32.0. The summed E-state index contributed by atoms with van der Waals surface area (Å²) in [5, 5.41) is 8.35. The number of amides is 4. The molecule has 4 amide bonds. The van der Waals surface area contributed by atoms with E-state index in [-0.39, 0.29) is 31.8 Å². The van der Waals surface area contributed by atoms with Gasteiger partial charge in [0, 0.05) is 38.5 Å². The molecule has 2 aliphatic heterocycles. The second-order valence-corrected chi connectivity index (χ2v) is 11.0. The molecular weight excluding hydrogens is 563 g/mol. The van der Waals surface area contributed by atoms with Crippen molar-refractivity contribution in [3.8, 4) is 0 Å². The molecule has 0 aliphatic carbocycles. The fourth-order valence-corrected chi connectivity index (χ4v) is 5.69. The van der Waals surface area contributed by atoms with Crippen molar-refractivity contribution in [2.75, 3.05) is 26.7 Å². The number of carbonyl (C=O) groups is 4. The maximum atomic E-state index is 13.9. The van der Waals surface area contributed by atoms with Crippen LogP contribution in [0.4, 0.5) is 18.0 Å². The topological polar surface area (TPSA) is 111 Å². The number of urea groups is 1. The van der Waals surface area contributed by atoms with Crippen molar-refractivity contribution in [1.82, 2.24) is 25.8 Å². The fraction of sp³-hybridized carbons (Fsp3) is 0.484. The van der Waals surface area contributed by atoms with E-state index in [1.54, 1.807) is 35.2 Å². The van der Waals surface area contributed by atoms with E-state index in [1.807, 2.05) is 37.4 Å². The summed E-state index contributed by atoms with van der Waals surface area (Å²) in [5.41, 5.74) is 1.25. The van der Waals surface area contributed by atoms with Crippen molar-refractivity contribution in [2.24, 2.45) is 0 Å². The number of Topliss-reactive ketones (excluding diaryl/α,β-unsaturated/α-hetero) is 1. The maximum absolute atomic E-state index is 13.9. The van der Waals surface area contributed by atoms with Crippen molar-refractivity contribution >= 4 is 23.6 Å². The molecule has 2 aromatic carbocycles. The molecule has 9 nitrogen and oxygen atoms in total. The normalized spacial score (nSPS) is 19.0. The van der Waals surface area contributed by atoms with Crippen LogP contribution >= 0.6 is 0 Å². The lowest BCUT2D eigenvalue weighted by Gasteiger charge is -2.34. The summed E-state index contributed by atoms with van der Waals surface area (Å²) in [6.07, 6.45) is -3.10. The summed E-state index contributed by atoms with van der Waals surface area (Å²) in [6.45, 7) is 1.24. The molecule has 12 heteroatoms. The Hall–Kier alpha value is -3.93. The molecule has 3 atom stereocenters. The molecule has 0 aromatic heterocycles. The van der Waals surface area contributed by atoms with E-state index in [0.29, 0.717) is 31.1 Å². The maximum Gasteiger partial charge on any atom is 0.452 e. The Balaban J connectivity index is 1.50. The predicted molar refractivity (Wildman–Crippen MR) is 154 cm³/mol. The Morgan fingerprint density at radius 2 is 1.37 bits per heavy atom. The predicted octanol–water partition coefficient (Wildman–Crippen LogP) is 2.84. The SMILES string of the molecule is CNC1CCN(C(=O)N[C@@H](Cc2ccccc2)C(=O)N2CCC[C@H]2C(=O)NC(Cc2ccccc2)C(=O)C(F)(F)F)CC1.